The summed E-state index contributed by atoms with van der Waals surface area (Å²) in [6, 6.07) is 29.2. The molecule has 1 atom stereocenters. The van der Waals surface area contributed by atoms with E-state index in [0.29, 0.717) is 37.4 Å². The molecule has 5 rings (SSSR count). The molecule has 0 spiro atoms. The highest BCUT2D eigenvalue weighted by molar-refractivity contribution is 5.75. The highest BCUT2D eigenvalue weighted by Gasteiger charge is 2.39. The number of carbonyl (C=O) groups excluding carboxylic acids is 1. The van der Waals surface area contributed by atoms with Crippen LogP contribution in [0.2, 0.25) is 0 Å². The SMILES string of the molecule is CN1CCC(c2ccccc2)(c2cc(CCCOc3ccc(CNC[C@H](O)c4ccc(O)c(NC=O)c4)cc3)ccc2O)CC1.O=CO.O=CO. The normalized spacial score (nSPS) is 14.0. The van der Waals surface area contributed by atoms with Crippen LogP contribution in [0.15, 0.2) is 91.0 Å². The molecule has 12 heteroatoms. The molecule has 0 aromatic heterocycles. The second kappa shape index (κ2) is 20.9. The number of rotatable bonds is 14. The van der Waals surface area contributed by atoms with Gasteiger partial charge in [0.2, 0.25) is 6.41 Å². The number of aromatic hydroxyl groups is 2. The molecule has 0 radical (unpaired) electrons. The molecule has 1 fully saturated rings. The number of aliphatic hydroxyl groups excluding tert-OH is 1. The van der Waals surface area contributed by atoms with Gasteiger partial charge in [-0.2, -0.15) is 0 Å². The smallest absolute Gasteiger partial charge is 0.290 e. The molecule has 1 heterocycles. The molecule has 0 saturated carbocycles. The van der Waals surface area contributed by atoms with E-state index in [1.807, 2.05) is 42.5 Å². The van der Waals surface area contributed by atoms with Crippen LogP contribution in [-0.4, -0.2) is 83.1 Å². The van der Waals surface area contributed by atoms with Crippen molar-refractivity contribution < 1.29 is 44.7 Å². The summed E-state index contributed by atoms with van der Waals surface area (Å²) in [4.78, 5) is 29.8. The van der Waals surface area contributed by atoms with E-state index in [1.54, 1.807) is 12.1 Å². The molecule has 1 aliphatic rings. The second-order valence-corrected chi connectivity index (χ2v) is 12.1. The number of nitrogens with zero attached hydrogens (tertiary/aromatic N) is 1. The van der Waals surface area contributed by atoms with E-state index < -0.39 is 6.10 Å². The Balaban J connectivity index is 0.00000109. The molecule has 4 aromatic rings. The molecule has 1 aliphatic heterocycles. The zero-order chi connectivity index (χ0) is 37.1. The number of benzene rings is 4. The largest absolute Gasteiger partial charge is 0.508 e. The van der Waals surface area contributed by atoms with Gasteiger partial charge in [0, 0.05) is 24.1 Å². The van der Waals surface area contributed by atoms with Crippen molar-refractivity contribution in [3.05, 3.63) is 119 Å². The third-order valence-corrected chi connectivity index (χ3v) is 8.83. The summed E-state index contributed by atoms with van der Waals surface area (Å²) in [6.07, 6.45) is 3.35. The van der Waals surface area contributed by atoms with Gasteiger partial charge in [0.05, 0.1) is 18.4 Å². The number of ether oxygens (including phenoxy) is 1. The van der Waals surface area contributed by atoms with Crippen molar-refractivity contribution in [1.29, 1.82) is 0 Å². The molecular formula is C39H47N3O9. The zero-order valence-electron chi connectivity index (χ0n) is 28.6. The zero-order valence-corrected chi connectivity index (χ0v) is 28.6. The summed E-state index contributed by atoms with van der Waals surface area (Å²) >= 11 is 0. The van der Waals surface area contributed by atoms with Gasteiger partial charge in [-0.15, -0.1) is 0 Å². The van der Waals surface area contributed by atoms with Crippen molar-refractivity contribution >= 4 is 25.0 Å². The first-order chi connectivity index (χ1) is 24.7. The number of aliphatic hydroxyl groups is 1. The first-order valence-electron chi connectivity index (χ1n) is 16.6. The summed E-state index contributed by atoms with van der Waals surface area (Å²) in [5, 5.41) is 50.8. The average Bonchev–Trinajstić information content (AvgIpc) is 3.14. The lowest BCUT2D eigenvalue weighted by Gasteiger charge is -2.42. The van der Waals surface area contributed by atoms with Crippen LogP contribution >= 0.6 is 0 Å². The Kier molecular flexibility index (Phi) is 16.4. The Morgan fingerprint density at radius 2 is 1.47 bits per heavy atom. The van der Waals surface area contributed by atoms with Gasteiger partial charge in [0.15, 0.2) is 0 Å². The van der Waals surface area contributed by atoms with Crippen molar-refractivity contribution in [1.82, 2.24) is 10.2 Å². The molecular weight excluding hydrogens is 654 g/mol. The Hall–Kier alpha value is -5.43. The number of amides is 1. The van der Waals surface area contributed by atoms with Crippen LogP contribution in [0.4, 0.5) is 5.69 Å². The summed E-state index contributed by atoms with van der Waals surface area (Å²) in [5.41, 5.74) is 5.21. The highest BCUT2D eigenvalue weighted by Crippen LogP contribution is 2.45. The first kappa shape index (κ1) is 40.0. The summed E-state index contributed by atoms with van der Waals surface area (Å²) in [7, 11) is 2.16. The number of anilines is 1. The van der Waals surface area contributed by atoms with E-state index in [9.17, 15) is 20.1 Å². The molecule has 4 aromatic carbocycles. The molecule has 1 amide bonds. The van der Waals surface area contributed by atoms with Gasteiger partial charge in [-0.3, -0.25) is 14.4 Å². The molecule has 1 saturated heterocycles. The van der Waals surface area contributed by atoms with Gasteiger partial charge in [-0.05, 0) is 98.4 Å². The average molecular weight is 702 g/mol. The Bertz CT molecular complexity index is 1640. The third-order valence-electron chi connectivity index (χ3n) is 8.83. The lowest BCUT2D eigenvalue weighted by Crippen LogP contribution is -2.41. The van der Waals surface area contributed by atoms with E-state index in [0.717, 1.165) is 55.6 Å². The molecule has 0 bridgehead atoms. The number of piperidine rings is 1. The number of likely N-dealkylation sites (tertiary alicyclic amines) is 1. The minimum absolute atomic E-state index is 0.0532. The molecule has 0 aliphatic carbocycles. The monoisotopic (exact) mass is 701 g/mol. The topological polar surface area (TPSA) is 189 Å². The molecule has 12 nitrogen and oxygen atoms in total. The van der Waals surface area contributed by atoms with E-state index in [-0.39, 0.29) is 29.8 Å². The van der Waals surface area contributed by atoms with Gasteiger partial charge in [-0.1, -0.05) is 60.7 Å². The lowest BCUT2D eigenvalue weighted by molar-refractivity contribution is -0.123. The number of carboxylic acid groups (broad SMARTS) is 2. The summed E-state index contributed by atoms with van der Waals surface area (Å²) in [6.45, 7) is 2.95. The number of nitrogens with one attached hydrogen (secondary N) is 2. The van der Waals surface area contributed by atoms with E-state index >= 15 is 0 Å². The van der Waals surface area contributed by atoms with Gasteiger partial charge >= 0.3 is 0 Å². The number of phenolic OH excluding ortho intramolecular Hbond substituents is 2. The lowest BCUT2D eigenvalue weighted by atomic mass is 9.67. The van der Waals surface area contributed by atoms with Gasteiger partial charge in [0.25, 0.3) is 12.9 Å². The fraction of sp³-hybridized carbons (Fsp3) is 0.308. The summed E-state index contributed by atoms with van der Waals surface area (Å²) < 4.78 is 6.03. The van der Waals surface area contributed by atoms with Crippen LogP contribution in [0, 0.1) is 0 Å². The van der Waals surface area contributed by atoms with Crippen LogP contribution in [-0.2, 0) is 32.8 Å². The molecule has 272 valence electrons. The van der Waals surface area contributed by atoms with Crippen LogP contribution in [0.25, 0.3) is 0 Å². The minimum atomic E-state index is -0.793. The Morgan fingerprint density at radius 3 is 2.12 bits per heavy atom. The van der Waals surface area contributed by atoms with Crippen molar-refractivity contribution in [3.8, 4) is 17.2 Å². The standard InChI is InChI=1S/C37H43N3O5.2CH2O2/c1-40-19-17-37(18-20-40,30-7-3-2-4-8-30)32-22-27(11-15-34(32)42)6-5-21-45-31-13-9-28(10-14-31)24-38-25-36(44)29-12-16-35(43)33(23-29)39-26-41;2*2-1-3/h2-4,7-16,22-23,26,36,38,42-44H,5-6,17-21,24-25H2,1H3,(H,39,41);2*1H,(H,2,3)/t36-;;/m0../s1. The molecule has 51 heavy (non-hydrogen) atoms. The van der Waals surface area contributed by atoms with E-state index in [4.69, 9.17) is 24.5 Å². The van der Waals surface area contributed by atoms with Crippen LogP contribution in [0.3, 0.4) is 0 Å². The number of hydrogen-bond donors (Lipinski definition) is 7. The Labute approximate surface area is 298 Å². The van der Waals surface area contributed by atoms with E-state index in [2.05, 4.69) is 52.9 Å². The maximum atomic E-state index is 11.0. The third kappa shape index (κ3) is 11.8. The fourth-order valence-corrected chi connectivity index (χ4v) is 6.17. The van der Waals surface area contributed by atoms with Crippen LogP contribution < -0.4 is 15.4 Å². The van der Waals surface area contributed by atoms with Crippen molar-refractivity contribution in [2.75, 3.05) is 38.6 Å². The van der Waals surface area contributed by atoms with Crippen molar-refractivity contribution in [3.63, 3.8) is 0 Å². The minimum Gasteiger partial charge on any atom is -0.508 e. The second-order valence-electron chi connectivity index (χ2n) is 12.1. The number of phenols is 2. The molecule has 0 unspecified atom stereocenters. The van der Waals surface area contributed by atoms with Gasteiger partial charge < -0.3 is 45.8 Å². The van der Waals surface area contributed by atoms with E-state index in [1.165, 1.54) is 17.2 Å². The first-order valence-corrected chi connectivity index (χ1v) is 16.6. The van der Waals surface area contributed by atoms with Crippen molar-refractivity contribution in [2.24, 2.45) is 0 Å². The number of aryl methyl sites for hydroxylation is 1. The van der Waals surface area contributed by atoms with Crippen LogP contribution in [0.1, 0.15) is 53.2 Å². The molecule has 7 N–H and O–H groups in total. The number of carbonyl (C=O) groups is 3. The maximum absolute atomic E-state index is 11.0. The highest BCUT2D eigenvalue weighted by atomic mass is 16.5. The maximum Gasteiger partial charge on any atom is 0.290 e. The van der Waals surface area contributed by atoms with Crippen molar-refractivity contribution in [2.45, 2.75) is 43.7 Å². The predicted molar refractivity (Wildman–Crippen MR) is 194 cm³/mol. The van der Waals surface area contributed by atoms with Gasteiger partial charge in [0.1, 0.15) is 17.2 Å². The number of hydrogen-bond acceptors (Lipinski definition) is 9. The van der Waals surface area contributed by atoms with Crippen LogP contribution in [0.5, 0.6) is 17.2 Å². The Morgan fingerprint density at radius 1 is 0.843 bits per heavy atom. The predicted octanol–water partition coefficient (Wildman–Crippen LogP) is 4.91. The fourth-order valence-electron chi connectivity index (χ4n) is 6.17. The quantitative estimate of drug-likeness (QED) is 0.0537. The summed E-state index contributed by atoms with van der Waals surface area (Å²) in [5.74, 6) is 1.12. The van der Waals surface area contributed by atoms with Gasteiger partial charge in [-0.25, -0.2) is 0 Å².